The number of aryl methyl sites for hydroxylation is 2. The third kappa shape index (κ3) is 4.85. The molecule has 124 valence electrons. The molecule has 23 heavy (non-hydrogen) atoms. The van der Waals surface area contributed by atoms with Crippen LogP contribution in [0, 0.1) is 6.92 Å². The summed E-state index contributed by atoms with van der Waals surface area (Å²) in [6.45, 7) is 4.45. The molecule has 0 aliphatic heterocycles. The zero-order chi connectivity index (χ0) is 16.8. The fourth-order valence-corrected chi connectivity index (χ4v) is 2.33. The molecular weight excluding hydrogens is 318 g/mol. The van der Waals surface area contributed by atoms with Gasteiger partial charge >= 0.3 is 6.03 Å². The maximum absolute atomic E-state index is 11.9. The largest absolute Gasteiger partial charge is 0.475 e. The summed E-state index contributed by atoms with van der Waals surface area (Å²) in [5, 5.41) is 10.3. The predicted molar refractivity (Wildman–Crippen MR) is 87.6 cm³/mol. The first-order valence-electron chi connectivity index (χ1n) is 7.25. The minimum absolute atomic E-state index is 0.130. The third-order valence-electron chi connectivity index (χ3n) is 3.22. The number of aromatic nitrogens is 3. The number of hydrogen-bond acceptors (Lipinski definition) is 4. The van der Waals surface area contributed by atoms with Gasteiger partial charge in [0.2, 0.25) is 5.88 Å². The van der Waals surface area contributed by atoms with Gasteiger partial charge in [-0.05, 0) is 26.0 Å². The number of rotatable bonds is 6. The molecule has 2 heterocycles. The Labute approximate surface area is 140 Å². The number of carbonyl (C=O) groups excluding carboxylic acids is 1. The van der Waals surface area contributed by atoms with Crippen LogP contribution in [0.15, 0.2) is 24.5 Å². The second-order valence-corrected chi connectivity index (χ2v) is 5.51. The molecule has 0 saturated heterocycles. The number of carbonyl (C=O) groups is 1. The quantitative estimate of drug-likeness (QED) is 0.792. The second kappa shape index (κ2) is 7.82. The van der Waals surface area contributed by atoms with Crippen molar-refractivity contribution < 1.29 is 9.53 Å². The molecule has 0 radical (unpaired) electrons. The minimum atomic E-state index is -0.267. The average Bonchev–Trinajstić information content (AvgIpc) is 2.84. The van der Waals surface area contributed by atoms with E-state index in [0.717, 1.165) is 11.3 Å². The Morgan fingerprint density at radius 2 is 2.30 bits per heavy atom. The van der Waals surface area contributed by atoms with Crippen LogP contribution in [-0.4, -0.2) is 33.9 Å². The summed E-state index contributed by atoms with van der Waals surface area (Å²) < 4.78 is 7.13. The molecule has 0 aromatic carbocycles. The van der Waals surface area contributed by atoms with Gasteiger partial charge in [-0.2, -0.15) is 5.10 Å². The maximum Gasteiger partial charge on any atom is 0.315 e. The maximum atomic E-state index is 11.9. The first-order chi connectivity index (χ1) is 11.0. The van der Waals surface area contributed by atoms with E-state index in [2.05, 4.69) is 20.7 Å². The molecule has 8 heteroatoms. The predicted octanol–water partition coefficient (Wildman–Crippen LogP) is 2.22. The lowest BCUT2D eigenvalue weighted by Gasteiger charge is -2.14. The van der Waals surface area contributed by atoms with E-state index in [1.54, 1.807) is 23.0 Å². The molecule has 0 fully saturated rings. The molecule has 0 spiro atoms. The van der Waals surface area contributed by atoms with Crippen LogP contribution in [0.1, 0.15) is 24.2 Å². The summed E-state index contributed by atoms with van der Waals surface area (Å²) in [5.41, 5.74) is 1.88. The van der Waals surface area contributed by atoms with Gasteiger partial charge in [0.05, 0.1) is 18.3 Å². The highest BCUT2D eigenvalue weighted by Crippen LogP contribution is 2.19. The molecule has 0 saturated carbocycles. The highest BCUT2D eigenvalue weighted by Gasteiger charge is 2.14. The van der Waals surface area contributed by atoms with Gasteiger partial charge in [0.15, 0.2) is 0 Å². The molecule has 2 N–H and O–H groups in total. The lowest BCUT2D eigenvalue weighted by atomic mass is 10.1. The second-order valence-electron chi connectivity index (χ2n) is 5.10. The number of halogens is 1. The third-order valence-corrected chi connectivity index (χ3v) is 3.50. The van der Waals surface area contributed by atoms with Crippen LogP contribution >= 0.6 is 11.6 Å². The number of nitrogens with zero attached hydrogens (tertiary/aromatic N) is 3. The lowest BCUT2D eigenvalue weighted by Crippen LogP contribution is -2.39. The van der Waals surface area contributed by atoms with E-state index in [1.165, 1.54) is 0 Å². The van der Waals surface area contributed by atoms with Crippen molar-refractivity contribution >= 4 is 17.6 Å². The van der Waals surface area contributed by atoms with Crippen LogP contribution in [0.3, 0.4) is 0 Å². The number of hydrogen-bond donors (Lipinski definition) is 2. The molecule has 1 atom stereocenters. The summed E-state index contributed by atoms with van der Waals surface area (Å²) in [5.74, 6) is 0.357. The van der Waals surface area contributed by atoms with Crippen LogP contribution in [-0.2, 0) is 7.05 Å². The summed E-state index contributed by atoms with van der Waals surface area (Å²) in [7, 11) is 1.85. The van der Waals surface area contributed by atoms with Crippen LogP contribution in [0.2, 0.25) is 5.02 Å². The van der Waals surface area contributed by atoms with Crippen molar-refractivity contribution in [1.29, 1.82) is 0 Å². The number of urea groups is 1. The normalized spacial score (nSPS) is 11.8. The zero-order valence-corrected chi connectivity index (χ0v) is 14.1. The number of pyridine rings is 1. The number of ether oxygens (including phenoxy) is 1. The van der Waals surface area contributed by atoms with Crippen molar-refractivity contribution in [2.75, 3.05) is 13.2 Å². The molecular formula is C15H20ClN5O2. The summed E-state index contributed by atoms with van der Waals surface area (Å²) >= 11 is 5.92. The summed E-state index contributed by atoms with van der Waals surface area (Å²) in [4.78, 5) is 15.9. The molecule has 2 rings (SSSR count). The first kappa shape index (κ1) is 17.1. The van der Waals surface area contributed by atoms with E-state index < -0.39 is 0 Å². The van der Waals surface area contributed by atoms with Crippen molar-refractivity contribution in [3.05, 3.63) is 40.8 Å². The van der Waals surface area contributed by atoms with Crippen LogP contribution < -0.4 is 15.4 Å². The fourth-order valence-electron chi connectivity index (χ4n) is 2.16. The van der Waals surface area contributed by atoms with E-state index in [-0.39, 0.29) is 18.7 Å². The van der Waals surface area contributed by atoms with E-state index in [0.29, 0.717) is 17.4 Å². The van der Waals surface area contributed by atoms with Crippen molar-refractivity contribution in [3.8, 4) is 5.88 Å². The average molecular weight is 338 g/mol. The fraction of sp³-hybridized carbons (Fsp3) is 0.400. The monoisotopic (exact) mass is 337 g/mol. The molecule has 2 amide bonds. The Morgan fingerprint density at radius 3 is 2.96 bits per heavy atom. The van der Waals surface area contributed by atoms with E-state index in [1.807, 2.05) is 27.1 Å². The molecule has 0 bridgehead atoms. The lowest BCUT2D eigenvalue weighted by molar-refractivity contribution is 0.233. The molecule has 2 aromatic heterocycles. The summed E-state index contributed by atoms with van der Waals surface area (Å²) in [6, 6.07) is 3.02. The minimum Gasteiger partial charge on any atom is -0.475 e. The smallest absolute Gasteiger partial charge is 0.315 e. The van der Waals surface area contributed by atoms with Crippen LogP contribution in [0.25, 0.3) is 0 Å². The van der Waals surface area contributed by atoms with Crippen molar-refractivity contribution in [3.63, 3.8) is 0 Å². The van der Waals surface area contributed by atoms with Crippen LogP contribution in [0.5, 0.6) is 5.88 Å². The molecule has 0 unspecified atom stereocenters. The van der Waals surface area contributed by atoms with Gasteiger partial charge in [-0.15, -0.1) is 0 Å². The van der Waals surface area contributed by atoms with Gasteiger partial charge in [-0.1, -0.05) is 11.6 Å². The van der Waals surface area contributed by atoms with Crippen molar-refractivity contribution in [2.24, 2.45) is 7.05 Å². The van der Waals surface area contributed by atoms with Gasteiger partial charge in [-0.25, -0.2) is 9.78 Å². The Balaban J connectivity index is 1.73. The SMILES string of the molecule is Cc1nn(C)cc1[C@@H](C)NC(=O)NCCOc1ncccc1Cl. The van der Waals surface area contributed by atoms with Crippen molar-refractivity contribution in [1.82, 2.24) is 25.4 Å². The van der Waals surface area contributed by atoms with Gasteiger partial charge in [0.25, 0.3) is 0 Å². The van der Waals surface area contributed by atoms with Crippen LogP contribution in [0.4, 0.5) is 4.79 Å². The van der Waals surface area contributed by atoms with Crippen molar-refractivity contribution in [2.45, 2.75) is 19.9 Å². The Kier molecular flexibility index (Phi) is 5.81. The highest BCUT2D eigenvalue weighted by molar-refractivity contribution is 6.31. The van der Waals surface area contributed by atoms with E-state index >= 15 is 0 Å². The molecule has 0 aliphatic carbocycles. The Hall–Kier alpha value is -2.28. The molecule has 0 aliphatic rings. The van der Waals surface area contributed by atoms with Gasteiger partial charge in [0.1, 0.15) is 11.6 Å². The molecule has 2 aromatic rings. The van der Waals surface area contributed by atoms with Gasteiger partial charge in [-0.3, -0.25) is 4.68 Å². The van der Waals surface area contributed by atoms with E-state index in [4.69, 9.17) is 16.3 Å². The Bertz CT molecular complexity index is 674. The number of nitrogens with one attached hydrogen (secondary N) is 2. The number of amides is 2. The van der Waals surface area contributed by atoms with Gasteiger partial charge < -0.3 is 15.4 Å². The highest BCUT2D eigenvalue weighted by atomic mass is 35.5. The van der Waals surface area contributed by atoms with E-state index in [9.17, 15) is 4.79 Å². The molecule has 7 nitrogen and oxygen atoms in total. The summed E-state index contributed by atoms with van der Waals surface area (Å²) in [6.07, 6.45) is 3.49. The Morgan fingerprint density at radius 1 is 1.52 bits per heavy atom. The topological polar surface area (TPSA) is 81.1 Å². The van der Waals surface area contributed by atoms with Gasteiger partial charge in [0, 0.05) is 25.0 Å². The standard InChI is InChI=1S/C15H20ClN5O2/c1-10(12-9-21(3)20-11(12)2)19-15(22)18-7-8-23-14-13(16)5-4-6-17-14/h4-6,9-10H,7-8H2,1-3H3,(H2,18,19,22)/t10-/m1/s1. The first-order valence-corrected chi connectivity index (χ1v) is 7.63. The zero-order valence-electron chi connectivity index (χ0n) is 13.3.